The lowest BCUT2D eigenvalue weighted by molar-refractivity contribution is 0.565. The largest absolute Gasteiger partial charge is 0.271 e. The summed E-state index contributed by atoms with van der Waals surface area (Å²) in [6.45, 7) is 0. The van der Waals surface area contributed by atoms with Gasteiger partial charge in [-0.15, -0.1) is 0 Å². The van der Waals surface area contributed by atoms with E-state index in [1.165, 1.54) is 0 Å². The quantitative estimate of drug-likeness (QED) is 0.626. The minimum atomic E-state index is -0.0949. The molecule has 0 spiro atoms. The van der Waals surface area contributed by atoms with E-state index in [9.17, 15) is 0 Å². The van der Waals surface area contributed by atoms with Crippen LogP contribution in [0, 0.1) is 11.3 Å². The van der Waals surface area contributed by atoms with Crippen molar-refractivity contribution in [1.29, 1.82) is 5.26 Å². The van der Waals surface area contributed by atoms with Crippen molar-refractivity contribution in [2.45, 2.75) is 12.5 Å². The van der Waals surface area contributed by atoms with Crippen LogP contribution in [0.25, 0.3) is 0 Å². The second-order valence-corrected chi connectivity index (χ2v) is 3.55. The summed E-state index contributed by atoms with van der Waals surface area (Å²) in [5.41, 5.74) is 3.62. The second-order valence-electron chi connectivity index (χ2n) is 2.64. The van der Waals surface area contributed by atoms with Crippen LogP contribution < -0.4 is 11.3 Å². The van der Waals surface area contributed by atoms with Crippen molar-refractivity contribution in [3.63, 3.8) is 0 Å². The fourth-order valence-electron chi connectivity index (χ4n) is 1.09. The molecule has 1 aromatic rings. The van der Waals surface area contributed by atoms with Crippen LogP contribution in [0.1, 0.15) is 18.0 Å². The molecule has 0 saturated heterocycles. The minimum Gasteiger partial charge on any atom is -0.271 e. The Bertz CT molecular complexity index is 319. The summed E-state index contributed by atoms with van der Waals surface area (Å²) in [5, 5.41) is 8.54. The zero-order valence-corrected chi connectivity index (χ0v) is 8.58. The first-order valence-electron chi connectivity index (χ1n) is 3.86. The molecule has 4 heteroatoms. The second kappa shape index (κ2) is 4.97. The van der Waals surface area contributed by atoms with Crippen molar-refractivity contribution in [2.75, 3.05) is 0 Å². The van der Waals surface area contributed by atoms with Crippen LogP contribution >= 0.6 is 15.9 Å². The Hall–Kier alpha value is -0.890. The molecule has 0 radical (unpaired) electrons. The Balaban J connectivity index is 2.86. The average molecular weight is 240 g/mol. The van der Waals surface area contributed by atoms with E-state index >= 15 is 0 Å². The zero-order valence-electron chi connectivity index (χ0n) is 7.00. The van der Waals surface area contributed by atoms with Gasteiger partial charge in [-0.3, -0.25) is 11.3 Å². The van der Waals surface area contributed by atoms with E-state index in [2.05, 4.69) is 27.4 Å². The Morgan fingerprint density at radius 3 is 2.92 bits per heavy atom. The molecule has 0 amide bonds. The van der Waals surface area contributed by atoms with E-state index in [1.807, 2.05) is 24.3 Å². The van der Waals surface area contributed by atoms with Gasteiger partial charge in [0.15, 0.2) is 0 Å². The molecule has 3 N–H and O–H groups in total. The van der Waals surface area contributed by atoms with Gasteiger partial charge in [0.25, 0.3) is 0 Å². The van der Waals surface area contributed by atoms with Crippen LogP contribution in [0.2, 0.25) is 0 Å². The molecule has 0 saturated carbocycles. The van der Waals surface area contributed by atoms with Crippen molar-refractivity contribution >= 4 is 15.9 Å². The van der Waals surface area contributed by atoms with Gasteiger partial charge >= 0.3 is 0 Å². The van der Waals surface area contributed by atoms with Gasteiger partial charge in [0.05, 0.1) is 18.5 Å². The van der Waals surface area contributed by atoms with E-state index in [4.69, 9.17) is 11.1 Å². The Labute approximate surface area is 85.6 Å². The summed E-state index contributed by atoms with van der Waals surface area (Å²) in [4.78, 5) is 0. The van der Waals surface area contributed by atoms with Crippen molar-refractivity contribution in [3.8, 4) is 6.07 Å². The van der Waals surface area contributed by atoms with Crippen molar-refractivity contribution in [1.82, 2.24) is 5.43 Å². The number of nitrogens with two attached hydrogens (primary N) is 1. The molecule has 0 bridgehead atoms. The van der Waals surface area contributed by atoms with Crippen LogP contribution in [-0.2, 0) is 0 Å². The van der Waals surface area contributed by atoms with E-state index in [-0.39, 0.29) is 6.04 Å². The van der Waals surface area contributed by atoms with Gasteiger partial charge in [-0.1, -0.05) is 28.1 Å². The number of benzene rings is 1. The van der Waals surface area contributed by atoms with Crippen LogP contribution in [0.5, 0.6) is 0 Å². The molecular weight excluding hydrogens is 230 g/mol. The molecule has 0 unspecified atom stereocenters. The third-order valence-corrected chi connectivity index (χ3v) is 2.24. The molecule has 0 fully saturated rings. The maximum Gasteiger partial charge on any atom is 0.0642 e. The van der Waals surface area contributed by atoms with Crippen molar-refractivity contribution in [2.24, 2.45) is 5.84 Å². The summed E-state index contributed by atoms with van der Waals surface area (Å²) in [7, 11) is 0. The smallest absolute Gasteiger partial charge is 0.0642 e. The van der Waals surface area contributed by atoms with E-state index < -0.39 is 0 Å². The maximum atomic E-state index is 8.54. The average Bonchev–Trinajstić information content (AvgIpc) is 2.14. The van der Waals surface area contributed by atoms with Gasteiger partial charge in [-0.2, -0.15) is 5.26 Å². The van der Waals surface area contributed by atoms with E-state index in [1.54, 1.807) is 0 Å². The fraction of sp³-hybridized carbons (Fsp3) is 0.222. The van der Waals surface area contributed by atoms with Crippen molar-refractivity contribution in [3.05, 3.63) is 34.3 Å². The first kappa shape index (κ1) is 10.2. The third kappa shape index (κ3) is 2.81. The number of nitriles is 1. The summed E-state index contributed by atoms with van der Waals surface area (Å²) < 4.78 is 0.989. The number of hydrogen-bond donors (Lipinski definition) is 2. The third-order valence-electron chi connectivity index (χ3n) is 1.75. The predicted octanol–water partition coefficient (Wildman–Crippen LogP) is 1.87. The molecule has 3 nitrogen and oxygen atoms in total. The van der Waals surface area contributed by atoms with Gasteiger partial charge in [0, 0.05) is 4.47 Å². The predicted molar refractivity (Wildman–Crippen MR) is 54.4 cm³/mol. The number of rotatable bonds is 3. The molecular formula is C9H10BrN3. The Morgan fingerprint density at radius 1 is 1.62 bits per heavy atom. The summed E-state index contributed by atoms with van der Waals surface area (Å²) in [6.07, 6.45) is 0.368. The Kier molecular flexibility index (Phi) is 3.90. The summed E-state index contributed by atoms with van der Waals surface area (Å²) >= 11 is 3.36. The topological polar surface area (TPSA) is 61.8 Å². The number of nitrogens with zero attached hydrogens (tertiary/aromatic N) is 1. The number of hydrogen-bond acceptors (Lipinski definition) is 3. The molecule has 1 rings (SSSR count). The minimum absolute atomic E-state index is 0.0949. The Morgan fingerprint density at radius 2 is 2.38 bits per heavy atom. The van der Waals surface area contributed by atoms with Gasteiger partial charge in [-0.05, 0) is 17.7 Å². The number of nitrogens with one attached hydrogen (secondary N) is 1. The van der Waals surface area contributed by atoms with Crippen molar-refractivity contribution < 1.29 is 0 Å². The van der Waals surface area contributed by atoms with Gasteiger partial charge < -0.3 is 0 Å². The lowest BCUT2D eigenvalue weighted by Gasteiger charge is -2.12. The van der Waals surface area contributed by atoms with Crippen LogP contribution in [-0.4, -0.2) is 0 Å². The monoisotopic (exact) mass is 239 g/mol. The molecule has 1 aromatic carbocycles. The first-order chi connectivity index (χ1) is 6.27. The molecule has 0 aliphatic heterocycles. The molecule has 13 heavy (non-hydrogen) atoms. The van der Waals surface area contributed by atoms with Crippen LogP contribution in [0.4, 0.5) is 0 Å². The van der Waals surface area contributed by atoms with E-state index in [0.717, 1.165) is 10.0 Å². The standard InChI is InChI=1S/C9H10BrN3/c10-8-3-1-2-7(6-8)9(13-12)4-5-11/h1-3,6,9,13H,4,12H2/t9-/m1/s1. The van der Waals surface area contributed by atoms with Crippen LogP contribution in [0.3, 0.4) is 0 Å². The summed E-state index contributed by atoms with van der Waals surface area (Å²) in [6, 6.07) is 9.72. The molecule has 0 aliphatic carbocycles. The van der Waals surface area contributed by atoms with Gasteiger partial charge in [0.2, 0.25) is 0 Å². The molecule has 0 heterocycles. The molecule has 0 aromatic heterocycles. The SMILES string of the molecule is N#CC[C@@H](NN)c1cccc(Br)c1. The highest BCUT2D eigenvalue weighted by molar-refractivity contribution is 9.10. The fourth-order valence-corrected chi connectivity index (χ4v) is 1.50. The molecule has 0 aliphatic rings. The van der Waals surface area contributed by atoms with Crippen LogP contribution in [0.15, 0.2) is 28.7 Å². The number of halogens is 1. The molecule has 68 valence electrons. The van der Waals surface area contributed by atoms with Gasteiger partial charge in [0.1, 0.15) is 0 Å². The molecule has 1 atom stereocenters. The first-order valence-corrected chi connectivity index (χ1v) is 4.65. The highest BCUT2D eigenvalue weighted by Crippen LogP contribution is 2.19. The zero-order chi connectivity index (χ0) is 9.68. The van der Waals surface area contributed by atoms with E-state index in [0.29, 0.717) is 6.42 Å². The number of hydrazine groups is 1. The lowest BCUT2D eigenvalue weighted by Crippen LogP contribution is -2.27. The highest BCUT2D eigenvalue weighted by Gasteiger charge is 2.08. The van der Waals surface area contributed by atoms with Gasteiger partial charge in [-0.25, -0.2) is 0 Å². The normalized spacial score (nSPS) is 12.1. The maximum absolute atomic E-state index is 8.54. The lowest BCUT2D eigenvalue weighted by atomic mass is 10.1. The highest BCUT2D eigenvalue weighted by atomic mass is 79.9. The summed E-state index contributed by atoms with van der Waals surface area (Å²) in [5.74, 6) is 5.32.